The van der Waals surface area contributed by atoms with E-state index in [0.717, 1.165) is 49.7 Å². The lowest BCUT2D eigenvalue weighted by atomic mass is 9.62. The monoisotopic (exact) mass is 852 g/mol. The van der Waals surface area contributed by atoms with Gasteiger partial charge in [-0.15, -0.1) is 0 Å². The number of carbonyl (C=O) groups is 5. The third-order valence-electron chi connectivity index (χ3n) is 12.6. The molecule has 338 valence electrons. The highest BCUT2D eigenvalue weighted by Crippen LogP contribution is 2.59. The van der Waals surface area contributed by atoms with Gasteiger partial charge in [-0.25, -0.2) is 0 Å². The molecule has 0 aromatic heterocycles. The quantitative estimate of drug-likeness (QED) is 0.111. The van der Waals surface area contributed by atoms with E-state index in [0.29, 0.717) is 25.7 Å². The molecule has 15 heteroatoms. The molecule has 4 saturated heterocycles. The number of hydrogen-bond acceptors (Lipinski definition) is 12. The van der Waals surface area contributed by atoms with Gasteiger partial charge >= 0.3 is 11.9 Å². The fraction of sp³-hybridized carbons (Fsp3) is 0.717. The molecule has 1 aliphatic carbocycles. The molecule has 15 nitrogen and oxygen atoms in total. The van der Waals surface area contributed by atoms with E-state index >= 15 is 4.79 Å². The van der Waals surface area contributed by atoms with Crippen molar-refractivity contribution in [2.75, 3.05) is 27.2 Å². The number of nitrogens with zero attached hydrogens (tertiary/aromatic N) is 3. The molecule has 8 unspecified atom stereocenters. The van der Waals surface area contributed by atoms with Gasteiger partial charge in [0.05, 0.1) is 19.2 Å². The number of fused-ring (bicyclic) bond motifs is 4. The van der Waals surface area contributed by atoms with Crippen molar-refractivity contribution >= 4 is 35.7 Å². The lowest BCUT2D eigenvalue weighted by Crippen LogP contribution is -2.70. The van der Waals surface area contributed by atoms with Gasteiger partial charge < -0.3 is 39.2 Å². The number of hydroxylamine groups is 2. The van der Waals surface area contributed by atoms with Crippen LogP contribution in [0.2, 0.25) is 0 Å². The van der Waals surface area contributed by atoms with E-state index in [1.807, 2.05) is 24.3 Å². The van der Waals surface area contributed by atoms with Gasteiger partial charge in [0.15, 0.2) is 11.8 Å². The first-order valence-electron chi connectivity index (χ1n) is 22.5. The van der Waals surface area contributed by atoms with Crippen molar-refractivity contribution in [2.45, 2.75) is 179 Å². The minimum absolute atomic E-state index is 0.00432. The number of benzene rings is 1. The molecule has 61 heavy (non-hydrogen) atoms. The van der Waals surface area contributed by atoms with Gasteiger partial charge in [-0.05, 0) is 70.1 Å². The fourth-order valence-electron chi connectivity index (χ4n) is 9.71. The summed E-state index contributed by atoms with van der Waals surface area (Å²) in [5.74, 6) is -2.95. The van der Waals surface area contributed by atoms with Crippen LogP contribution in [0.25, 0.3) is 6.08 Å². The predicted molar refractivity (Wildman–Crippen MR) is 225 cm³/mol. The van der Waals surface area contributed by atoms with E-state index in [9.17, 15) is 24.3 Å². The SMILES string of the molecule is CCCCCC1(CCCCC)OC2C3CC4(C(=O)N5CCCC5C(=O)NC(CO)CCC(=O)OC(C)(C)C)C(ON(Cc5cccc(C=CC(=O)N(C)C)c5)C4C(=O)O3)C2O1. The van der Waals surface area contributed by atoms with Crippen LogP contribution in [0.1, 0.15) is 129 Å². The van der Waals surface area contributed by atoms with Crippen molar-refractivity contribution in [1.82, 2.24) is 20.2 Å². The van der Waals surface area contributed by atoms with Crippen LogP contribution in [0.3, 0.4) is 0 Å². The molecule has 6 rings (SSSR count). The molecule has 2 N–H and O–H groups in total. The summed E-state index contributed by atoms with van der Waals surface area (Å²) in [6, 6.07) is 4.77. The van der Waals surface area contributed by atoms with Crippen LogP contribution >= 0.6 is 0 Å². The van der Waals surface area contributed by atoms with Crippen molar-refractivity contribution in [2.24, 2.45) is 5.41 Å². The summed E-state index contributed by atoms with van der Waals surface area (Å²) in [5.41, 5.74) is -0.586. The van der Waals surface area contributed by atoms with Crippen LogP contribution < -0.4 is 5.32 Å². The molecule has 5 fully saturated rings. The van der Waals surface area contributed by atoms with Gasteiger partial charge in [0.2, 0.25) is 17.7 Å². The van der Waals surface area contributed by atoms with Crippen LogP contribution in [0.15, 0.2) is 30.3 Å². The Balaban J connectivity index is 1.31. The van der Waals surface area contributed by atoms with Crippen molar-refractivity contribution < 1.29 is 52.9 Å². The standard InChI is InChI=1S/C46H68N4O11/c1-8-10-12-23-45(24-13-11-9-2)59-37-34-27-46(43(56)49-25-15-18-33(49)41(54)47-32(29-51)20-22-36(53)58-44(3,4)5)39(42(55)57-34)50(61-40(46)38(37)60-45)28-31-17-14-16-30(26-31)19-21-35(52)48(6)7/h14,16-17,19,21,26,32-34,37-40,51H,8-13,15,18,20,22-25,27-29H2,1-7H3,(H,47,54). The molecule has 1 aromatic carbocycles. The minimum Gasteiger partial charge on any atom is -0.460 e. The van der Waals surface area contributed by atoms with Gasteiger partial charge in [-0.3, -0.25) is 28.8 Å². The first-order valence-corrected chi connectivity index (χ1v) is 22.5. The lowest BCUT2D eigenvalue weighted by molar-refractivity contribution is -0.225. The average Bonchev–Trinajstić information content (AvgIpc) is 3.94. The normalized spacial score (nSPS) is 28.4. The molecular formula is C46H68N4O11. The number of esters is 2. The number of likely N-dealkylation sites (N-methyl/N-ethyl adjacent to an activating group) is 1. The lowest BCUT2D eigenvalue weighted by Gasteiger charge is -2.50. The Morgan fingerprint density at radius 2 is 1.75 bits per heavy atom. The van der Waals surface area contributed by atoms with E-state index in [1.54, 1.807) is 50.9 Å². The third-order valence-corrected chi connectivity index (χ3v) is 12.6. The zero-order chi connectivity index (χ0) is 44.1. The molecular weight excluding hydrogens is 785 g/mol. The van der Waals surface area contributed by atoms with Crippen molar-refractivity contribution in [3.63, 3.8) is 0 Å². The molecule has 4 aliphatic heterocycles. The summed E-state index contributed by atoms with van der Waals surface area (Å²) in [6.45, 7) is 9.61. The first-order chi connectivity index (χ1) is 29.0. The van der Waals surface area contributed by atoms with Crippen molar-refractivity contribution in [1.29, 1.82) is 0 Å². The molecule has 2 bridgehead atoms. The molecule has 3 amide bonds. The second-order valence-electron chi connectivity index (χ2n) is 18.7. The van der Waals surface area contributed by atoms with Gasteiger partial charge in [0.1, 0.15) is 41.5 Å². The summed E-state index contributed by atoms with van der Waals surface area (Å²) < 4.78 is 25.6. The Hall–Kier alpha value is -3.89. The molecule has 4 heterocycles. The number of unbranched alkanes of at least 4 members (excludes halogenated alkanes) is 4. The fourth-order valence-corrected chi connectivity index (χ4v) is 9.71. The Kier molecular flexibility index (Phi) is 15.0. The summed E-state index contributed by atoms with van der Waals surface area (Å²) in [6.07, 6.45) is 8.47. The van der Waals surface area contributed by atoms with Gasteiger partial charge in [0, 0.05) is 52.4 Å². The zero-order valence-electron chi connectivity index (χ0n) is 37.2. The number of hydrogen-bond donors (Lipinski definition) is 2. The van der Waals surface area contributed by atoms with Gasteiger partial charge in [-0.1, -0.05) is 63.8 Å². The molecule has 0 spiro atoms. The number of ether oxygens (including phenoxy) is 4. The average molecular weight is 853 g/mol. The Morgan fingerprint density at radius 3 is 2.41 bits per heavy atom. The predicted octanol–water partition coefficient (Wildman–Crippen LogP) is 4.82. The smallest absolute Gasteiger partial charge is 0.327 e. The summed E-state index contributed by atoms with van der Waals surface area (Å²) in [5, 5.41) is 14.6. The van der Waals surface area contributed by atoms with E-state index < -0.39 is 83.8 Å². The maximum absolute atomic E-state index is 15.6. The highest BCUT2D eigenvalue weighted by Gasteiger charge is 2.77. The number of aliphatic hydroxyl groups is 1. The van der Waals surface area contributed by atoms with Crippen LogP contribution in [0, 0.1) is 5.41 Å². The molecule has 5 aliphatic rings. The maximum atomic E-state index is 15.6. The second kappa shape index (κ2) is 19.7. The number of aliphatic hydroxyl groups excluding tert-OH is 1. The summed E-state index contributed by atoms with van der Waals surface area (Å²) >= 11 is 0. The highest BCUT2D eigenvalue weighted by molar-refractivity contribution is 5.97. The van der Waals surface area contributed by atoms with Crippen molar-refractivity contribution in [3.05, 3.63) is 41.5 Å². The van der Waals surface area contributed by atoms with Gasteiger partial charge in [-0.2, -0.15) is 5.06 Å². The zero-order valence-corrected chi connectivity index (χ0v) is 37.2. The Bertz CT molecular complexity index is 1770. The largest absolute Gasteiger partial charge is 0.460 e. The number of likely N-dealkylation sites (tertiary alicyclic amines) is 1. The van der Waals surface area contributed by atoms with E-state index in [2.05, 4.69) is 19.2 Å². The van der Waals surface area contributed by atoms with Crippen LogP contribution in [0.4, 0.5) is 0 Å². The third kappa shape index (κ3) is 10.3. The van der Waals surface area contributed by atoms with Crippen molar-refractivity contribution in [3.8, 4) is 0 Å². The Labute approximate surface area is 360 Å². The summed E-state index contributed by atoms with van der Waals surface area (Å²) in [4.78, 5) is 78.8. The van der Waals surface area contributed by atoms with E-state index in [-0.39, 0.29) is 44.2 Å². The molecule has 1 saturated carbocycles. The second-order valence-corrected chi connectivity index (χ2v) is 18.7. The number of nitrogens with one attached hydrogen (secondary N) is 1. The molecule has 1 aromatic rings. The Morgan fingerprint density at radius 1 is 1.05 bits per heavy atom. The van der Waals surface area contributed by atoms with Crippen LogP contribution in [-0.2, 0) is 54.3 Å². The highest BCUT2D eigenvalue weighted by atomic mass is 16.8. The topological polar surface area (TPSA) is 173 Å². The number of rotatable bonds is 19. The van der Waals surface area contributed by atoms with Gasteiger partial charge in [0.25, 0.3) is 0 Å². The van der Waals surface area contributed by atoms with Crippen LogP contribution in [0.5, 0.6) is 0 Å². The summed E-state index contributed by atoms with van der Waals surface area (Å²) in [7, 11) is 3.36. The minimum atomic E-state index is -1.47. The van der Waals surface area contributed by atoms with E-state index in [4.69, 9.17) is 23.8 Å². The molecule has 0 radical (unpaired) electrons. The van der Waals surface area contributed by atoms with E-state index in [1.165, 1.54) is 11.0 Å². The number of carbonyl (C=O) groups excluding carboxylic acids is 5. The number of amides is 3. The first kappa shape index (κ1) is 46.6. The van der Waals surface area contributed by atoms with Crippen LogP contribution in [-0.4, -0.2) is 131 Å². The maximum Gasteiger partial charge on any atom is 0.327 e. The molecule has 8 atom stereocenters.